The Morgan fingerprint density at radius 1 is 1.31 bits per heavy atom. The number of nitrogens with one attached hydrogen (secondary N) is 1. The van der Waals surface area contributed by atoms with Gasteiger partial charge in [-0.15, -0.1) is 0 Å². The Morgan fingerprint density at radius 3 is 2.56 bits per heavy atom. The number of rotatable bonds is 2. The molecule has 2 rings (SSSR count). The van der Waals surface area contributed by atoms with Gasteiger partial charge >= 0.3 is 0 Å². The second-order valence-corrected chi connectivity index (χ2v) is 4.66. The van der Waals surface area contributed by atoms with E-state index in [0.29, 0.717) is 6.61 Å². The van der Waals surface area contributed by atoms with Crippen LogP contribution in [0.4, 0.5) is 5.69 Å². The highest BCUT2D eigenvalue weighted by Gasteiger charge is 2.14. The highest BCUT2D eigenvalue weighted by atomic mass is 35.5. The van der Waals surface area contributed by atoms with Crippen LogP contribution in [0.15, 0.2) is 12.1 Å². The number of halogens is 2. The van der Waals surface area contributed by atoms with Crippen LogP contribution in [0.5, 0.6) is 5.75 Å². The minimum Gasteiger partial charge on any atom is -0.505 e. The van der Waals surface area contributed by atoms with Crippen molar-refractivity contribution in [1.29, 1.82) is 0 Å². The molecular formula is C11H13Cl2NO2. The number of ether oxygens (including phenoxy) is 1. The van der Waals surface area contributed by atoms with Crippen LogP contribution >= 0.6 is 23.2 Å². The summed E-state index contributed by atoms with van der Waals surface area (Å²) in [5, 5.41) is 13.2. The van der Waals surface area contributed by atoms with Crippen LogP contribution in [0.1, 0.15) is 12.8 Å². The van der Waals surface area contributed by atoms with Crippen LogP contribution in [0.2, 0.25) is 10.0 Å². The second kappa shape index (κ2) is 5.13. The Morgan fingerprint density at radius 2 is 2.00 bits per heavy atom. The minimum absolute atomic E-state index is 0.0752. The largest absolute Gasteiger partial charge is 0.505 e. The molecule has 1 unspecified atom stereocenters. The predicted molar refractivity (Wildman–Crippen MR) is 65.6 cm³/mol. The molecule has 0 aliphatic carbocycles. The lowest BCUT2D eigenvalue weighted by molar-refractivity contribution is 0.0876. The van der Waals surface area contributed by atoms with Crippen LogP contribution < -0.4 is 5.32 Å². The third kappa shape index (κ3) is 2.73. The number of phenolic OH excluding ortho intramolecular Hbond substituents is 1. The molecule has 1 atom stereocenters. The average molecular weight is 262 g/mol. The summed E-state index contributed by atoms with van der Waals surface area (Å²) in [5.74, 6) is -0.0752. The minimum atomic E-state index is -0.0752. The second-order valence-electron chi connectivity index (χ2n) is 3.85. The summed E-state index contributed by atoms with van der Waals surface area (Å²) < 4.78 is 5.36. The highest BCUT2D eigenvalue weighted by molar-refractivity contribution is 6.37. The molecule has 1 aromatic rings. The monoisotopic (exact) mass is 261 g/mol. The van der Waals surface area contributed by atoms with E-state index in [9.17, 15) is 5.11 Å². The molecule has 0 saturated carbocycles. The molecule has 88 valence electrons. The summed E-state index contributed by atoms with van der Waals surface area (Å²) in [7, 11) is 0. The van der Waals surface area contributed by atoms with Gasteiger partial charge in [0.25, 0.3) is 0 Å². The van der Waals surface area contributed by atoms with Crippen molar-refractivity contribution >= 4 is 28.9 Å². The van der Waals surface area contributed by atoms with Crippen molar-refractivity contribution < 1.29 is 9.84 Å². The fourth-order valence-corrected chi connectivity index (χ4v) is 2.23. The molecule has 0 bridgehead atoms. The number of phenols is 1. The number of benzene rings is 1. The van der Waals surface area contributed by atoms with Gasteiger partial charge in [0.2, 0.25) is 0 Å². The van der Waals surface area contributed by atoms with Crippen molar-refractivity contribution in [3.63, 3.8) is 0 Å². The predicted octanol–water partition coefficient (Wildman–Crippen LogP) is 3.29. The molecule has 1 saturated heterocycles. The van der Waals surface area contributed by atoms with Crippen molar-refractivity contribution in [2.24, 2.45) is 0 Å². The smallest absolute Gasteiger partial charge is 0.152 e. The zero-order chi connectivity index (χ0) is 11.5. The van der Waals surface area contributed by atoms with E-state index in [-0.39, 0.29) is 21.8 Å². The number of hydrogen-bond donors (Lipinski definition) is 2. The lowest BCUT2D eigenvalue weighted by Crippen LogP contribution is -2.29. The normalized spacial score (nSPS) is 20.8. The molecule has 0 radical (unpaired) electrons. The number of anilines is 1. The molecule has 16 heavy (non-hydrogen) atoms. The molecule has 1 heterocycles. The Bertz CT molecular complexity index is 355. The van der Waals surface area contributed by atoms with Crippen LogP contribution in [-0.2, 0) is 4.74 Å². The van der Waals surface area contributed by atoms with E-state index >= 15 is 0 Å². The molecule has 5 heteroatoms. The third-order valence-corrected chi connectivity index (χ3v) is 3.12. The van der Waals surface area contributed by atoms with Crippen molar-refractivity contribution in [2.75, 3.05) is 18.5 Å². The van der Waals surface area contributed by atoms with E-state index in [1.807, 2.05) is 0 Å². The van der Waals surface area contributed by atoms with Gasteiger partial charge in [0.15, 0.2) is 5.75 Å². The van der Waals surface area contributed by atoms with Crippen molar-refractivity contribution in [3.05, 3.63) is 22.2 Å². The highest BCUT2D eigenvalue weighted by Crippen LogP contribution is 2.35. The van der Waals surface area contributed by atoms with E-state index in [1.165, 1.54) is 0 Å². The Balaban J connectivity index is 2.09. The van der Waals surface area contributed by atoms with Gasteiger partial charge in [0.05, 0.1) is 16.7 Å². The van der Waals surface area contributed by atoms with E-state index in [1.54, 1.807) is 12.1 Å². The van der Waals surface area contributed by atoms with E-state index in [2.05, 4.69) is 5.32 Å². The summed E-state index contributed by atoms with van der Waals surface area (Å²) in [6.45, 7) is 1.52. The van der Waals surface area contributed by atoms with Gasteiger partial charge in [-0.3, -0.25) is 0 Å². The zero-order valence-electron chi connectivity index (χ0n) is 8.67. The maximum absolute atomic E-state index is 9.42. The Hall–Kier alpha value is -0.640. The number of hydrogen-bond acceptors (Lipinski definition) is 3. The molecule has 0 spiro atoms. The summed E-state index contributed by atoms with van der Waals surface area (Å²) >= 11 is 11.7. The topological polar surface area (TPSA) is 41.5 Å². The van der Waals surface area contributed by atoms with Crippen LogP contribution in [0.3, 0.4) is 0 Å². The van der Waals surface area contributed by atoms with Crippen LogP contribution in [0, 0.1) is 0 Å². The Kier molecular flexibility index (Phi) is 3.79. The van der Waals surface area contributed by atoms with Crippen LogP contribution in [0.25, 0.3) is 0 Å². The molecular weight excluding hydrogens is 249 g/mol. The van der Waals surface area contributed by atoms with Gasteiger partial charge in [-0.1, -0.05) is 23.2 Å². The molecule has 2 N–H and O–H groups in total. The standard InChI is InChI=1S/C11H13Cl2NO2/c12-9-4-8(5-10(13)11(9)15)14-7-2-1-3-16-6-7/h4-5,7,14-15H,1-3,6H2. The van der Waals surface area contributed by atoms with Crippen molar-refractivity contribution in [2.45, 2.75) is 18.9 Å². The van der Waals surface area contributed by atoms with E-state index < -0.39 is 0 Å². The van der Waals surface area contributed by atoms with Gasteiger partial charge in [0.1, 0.15) is 0 Å². The lowest BCUT2D eigenvalue weighted by Gasteiger charge is -2.24. The average Bonchev–Trinajstić information content (AvgIpc) is 2.27. The quantitative estimate of drug-likeness (QED) is 0.803. The fraction of sp³-hybridized carbons (Fsp3) is 0.455. The zero-order valence-corrected chi connectivity index (χ0v) is 10.2. The molecule has 0 amide bonds. The van der Waals surface area contributed by atoms with Gasteiger partial charge in [-0.2, -0.15) is 0 Å². The van der Waals surface area contributed by atoms with Crippen molar-refractivity contribution in [1.82, 2.24) is 0 Å². The summed E-state index contributed by atoms with van der Waals surface area (Å²) in [6.07, 6.45) is 2.12. The summed E-state index contributed by atoms with van der Waals surface area (Å²) in [6, 6.07) is 3.61. The van der Waals surface area contributed by atoms with E-state index in [4.69, 9.17) is 27.9 Å². The summed E-state index contributed by atoms with van der Waals surface area (Å²) in [4.78, 5) is 0. The van der Waals surface area contributed by atoms with Crippen molar-refractivity contribution in [3.8, 4) is 5.75 Å². The van der Waals surface area contributed by atoms with Crippen LogP contribution in [-0.4, -0.2) is 24.4 Å². The molecule has 1 aliphatic rings. The lowest BCUT2D eigenvalue weighted by atomic mass is 10.1. The SMILES string of the molecule is Oc1c(Cl)cc(NC2CCCOC2)cc1Cl. The molecule has 0 aromatic heterocycles. The first-order valence-corrected chi connectivity index (χ1v) is 5.94. The van der Waals surface area contributed by atoms with Gasteiger partial charge in [-0.05, 0) is 25.0 Å². The molecule has 1 aromatic carbocycles. The molecule has 1 aliphatic heterocycles. The maximum atomic E-state index is 9.42. The third-order valence-electron chi connectivity index (χ3n) is 2.55. The maximum Gasteiger partial charge on any atom is 0.152 e. The summed E-state index contributed by atoms with van der Waals surface area (Å²) in [5.41, 5.74) is 0.809. The van der Waals surface area contributed by atoms with Gasteiger partial charge in [-0.25, -0.2) is 0 Å². The van der Waals surface area contributed by atoms with E-state index in [0.717, 1.165) is 25.1 Å². The fourth-order valence-electron chi connectivity index (χ4n) is 1.74. The first-order valence-electron chi connectivity index (χ1n) is 5.19. The van der Waals surface area contributed by atoms with Gasteiger partial charge in [0, 0.05) is 18.3 Å². The molecule has 3 nitrogen and oxygen atoms in total. The Labute approximate surface area is 104 Å². The van der Waals surface area contributed by atoms with Gasteiger partial charge < -0.3 is 15.2 Å². The first kappa shape index (κ1) is 11.8. The first-order chi connectivity index (χ1) is 7.66. The number of aromatic hydroxyl groups is 1. The molecule has 1 fully saturated rings.